The van der Waals surface area contributed by atoms with Crippen molar-refractivity contribution in [3.05, 3.63) is 29.8 Å². The molecule has 2 fully saturated rings. The molecule has 0 radical (unpaired) electrons. The molecule has 0 aromatic heterocycles. The molecule has 1 unspecified atom stereocenters. The van der Waals surface area contributed by atoms with E-state index in [2.05, 4.69) is 0 Å². The van der Waals surface area contributed by atoms with Crippen LogP contribution in [-0.4, -0.2) is 42.1 Å². The second-order valence-electron chi connectivity index (χ2n) is 7.12. The second-order valence-corrected chi connectivity index (χ2v) is 7.12. The number of ether oxygens (including phenoxy) is 1. The third-order valence-electron chi connectivity index (χ3n) is 5.43. The van der Waals surface area contributed by atoms with E-state index in [-0.39, 0.29) is 17.7 Å². The number of nitrogens with zero attached hydrogens (tertiary/aromatic N) is 1. The van der Waals surface area contributed by atoms with Crippen LogP contribution >= 0.6 is 0 Å². The van der Waals surface area contributed by atoms with E-state index in [1.807, 2.05) is 31.2 Å². The van der Waals surface area contributed by atoms with Crippen LogP contribution in [0.4, 0.5) is 0 Å². The minimum absolute atomic E-state index is 0.0627. The van der Waals surface area contributed by atoms with Crippen molar-refractivity contribution >= 4 is 11.9 Å². The molecule has 1 saturated carbocycles. The Labute approximate surface area is 142 Å². The van der Waals surface area contributed by atoms with Gasteiger partial charge < -0.3 is 14.7 Å². The highest BCUT2D eigenvalue weighted by atomic mass is 16.5. The lowest BCUT2D eigenvalue weighted by molar-refractivity contribution is -0.142. The first-order valence-corrected chi connectivity index (χ1v) is 8.64. The van der Waals surface area contributed by atoms with Gasteiger partial charge in [-0.05, 0) is 48.3 Å². The molecule has 1 heterocycles. The number of hydrogen-bond donors (Lipinski definition) is 1. The van der Waals surface area contributed by atoms with E-state index in [0.29, 0.717) is 25.4 Å². The van der Waals surface area contributed by atoms with Crippen molar-refractivity contribution in [2.24, 2.45) is 17.8 Å². The van der Waals surface area contributed by atoms with Gasteiger partial charge in [0.15, 0.2) is 0 Å². The first-order valence-electron chi connectivity index (χ1n) is 8.64. The number of aliphatic carboxylic acids is 1. The van der Waals surface area contributed by atoms with Gasteiger partial charge in [-0.3, -0.25) is 9.59 Å². The number of carboxylic acids is 1. The van der Waals surface area contributed by atoms with Gasteiger partial charge in [-0.15, -0.1) is 0 Å². The van der Waals surface area contributed by atoms with Crippen LogP contribution in [-0.2, 0) is 9.59 Å². The maximum Gasteiger partial charge on any atom is 0.308 e. The first-order chi connectivity index (χ1) is 11.5. The number of carbonyl (C=O) groups excluding carboxylic acids is 1. The Morgan fingerprint density at radius 2 is 1.92 bits per heavy atom. The normalized spacial score (nSPS) is 24.7. The molecule has 24 heavy (non-hydrogen) atoms. The number of benzene rings is 1. The molecular weight excluding hydrogens is 306 g/mol. The Hall–Kier alpha value is -2.04. The van der Waals surface area contributed by atoms with Crippen molar-refractivity contribution in [3.63, 3.8) is 0 Å². The molecule has 1 N–H and O–H groups in total. The third-order valence-corrected chi connectivity index (χ3v) is 5.43. The van der Waals surface area contributed by atoms with Crippen LogP contribution in [0.25, 0.3) is 0 Å². The summed E-state index contributed by atoms with van der Waals surface area (Å²) >= 11 is 0. The Balaban J connectivity index is 1.60. The topological polar surface area (TPSA) is 66.8 Å². The molecule has 1 saturated heterocycles. The fraction of sp³-hybridized carbons (Fsp3) is 0.579. The SMILES string of the molecule is COc1ccc(C(C)CC(=O)N2C[C@H](C(=O)O)[C@@H](C3CC3)C2)cc1. The minimum atomic E-state index is -0.759. The molecule has 1 aromatic rings. The summed E-state index contributed by atoms with van der Waals surface area (Å²) in [6.45, 7) is 3.00. The summed E-state index contributed by atoms with van der Waals surface area (Å²) in [5.41, 5.74) is 1.09. The molecule has 130 valence electrons. The van der Waals surface area contributed by atoms with E-state index < -0.39 is 11.9 Å². The van der Waals surface area contributed by atoms with Crippen molar-refractivity contribution < 1.29 is 19.4 Å². The Morgan fingerprint density at radius 1 is 1.25 bits per heavy atom. The lowest BCUT2D eigenvalue weighted by Gasteiger charge is -2.19. The molecule has 2 aliphatic rings. The van der Waals surface area contributed by atoms with Gasteiger partial charge in [0.1, 0.15) is 5.75 Å². The standard InChI is InChI=1S/C19H25NO4/c1-12(13-5-7-15(24-2)8-6-13)9-18(21)20-10-16(14-3-4-14)17(11-20)19(22)23/h5-8,12,14,16-17H,3-4,9-11H2,1-2H3,(H,22,23)/t12?,16-,17+/m1/s1. The minimum Gasteiger partial charge on any atom is -0.497 e. The van der Waals surface area contributed by atoms with Crippen molar-refractivity contribution in [1.82, 2.24) is 4.90 Å². The number of hydrogen-bond acceptors (Lipinski definition) is 3. The van der Waals surface area contributed by atoms with Crippen LogP contribution in [0.3, 0.4) is 0 Å². The van der Waals surface area contributed by atoms with Crippen molar-refractivity contribution in [1.29, 1.82) is 0 Å². The molecule has 1 aliphatic carbocycles. The highest BCUT2D eigenvalue weighted by Crippen LogP contribution is 2.44. The summed E-state index contributed by atoms with van der Waals surface area (Å²) in [7, 11) is 1.63. The Morgan fingerprint density at radius 3 is 2.46 bits per heavy atom. The number of methoxy groups -OCH3 is 1. The zero-order valence-electron chi connectivity index (χ0n) is 14.3. The van der Waals surface area contributed by atoms with Gasteiger partial charge in [0.05, 0.1) is 13.0 Å². The van der Waals surface area contributed by atoms with Gasteiger partial charge in [0.25, 0.3) is 0 Å². The molecule has 1 amide bonds. The van der Waals surface area contributed by atoms with Gasteiger partial charge in [-0.25, -0.2) is 0 Å². The van der Waals surface area contributed by atoms with E-state index in [1.165, 1.54) is 0 Å². The van der Waals surface area contributed by atoms with Crippen LogP contribution in [0.1, 0.15) is 37.7 Å². The molecule has 1 aromatic carbocycles. The highest BCUT2D eigenvalue weighted by Gasteiger charge is 2.46. The fourth-order valence-electron chi connectivity index (χ4n) is 3.74. The van der Waals surface area contributed by atoms with Crippen LogP contribution in [0.5, 0.6) is 5.75 Å². The van der Waals surface area contributed by atoms with Crippen molar-refractivity contribution in [2.45, 2.75) is 32.1 Å². The fourth-order valence-corrected chi connectivity index (χ4v) is 3.74. The number of rotatable bonds is 6. The summed E-state index contributed by atoms with van der Waals surface area (Å²) < 4.78 is 5.15. The average molecular weight is 331 g/mol. The lowest BCUT2D eigenvalue weighted by atomic mass is 9.92. The Kier molecular flexibility index (Phi) is 4.78. The van der Waals surface area contributed by atoms with Gasteiger partial charge in [0, 0.05) is 19.5 Å². The number of carboxylic acid groups (broad SMARTS) is 1. The van der Waals surface area contributed by atoms with E-state index in [4.69, 9.17) is 4.74 Å². The predicted octanol–water partition coefficient (Wildman–Crippen LogP) is 2.76. The largest absolute Gasteiger partial charge is 0.497 e. The van der Waals surface area contributed by atoms with Crippen LogP contribution in [0, 0.1) is 17.8 Å². The molecular formula is C19H25NO4. The van der Waals surface area contributed by atoms with Gasteiger partial charge in [-0.2, -0.15) is 0 Å². The van der Waals surface area contributed by atoms with Crippen molar-refractivity contribution in [3.8, 4) is 5.75 Å². The van der Waals surface area contributed by atoms with Gasteiger partial charge >= 0.3 is 5.97 Å². The molecule has 5 nitrogen and oxygen atoms in total. The van der Waals surface area contributed by atoms with E-state index in [9.17, 15) is 14.7 Å². The molecule has 5 heteroatoms. The smallest absolute Gasteiger partial charge is 0.308 e. The number of amides is 1. The van der Waals surface area contributed by atoms with Crippen molar-refractivity contribution in [2.75, 3.05) is 20.2 Å². The quantitative estimate of drug-likeness (QED) is 0.870. The average Bonchev–Trinajstić information content (AvgIpc) is 3.32. The van der Waals surface area contributed by atoms with E-state index in [0.717, 1.165) is 24.2 Å². The zero-order chi connectivity index (χ0) is 17.3. The number of carbonyl (C=O) groups is 2. The first kappa shape index (κ1) is 16.8. The third kappa shape index (κ3) is 3.55. The van der Waals surface area contributed by atoms with Gasteiger partial charge in [-0.1, -0.05) is 19.1 Å². The summed E-state index contributed by atoms with van der Waals surface area (Å²) in [6.07, 6.45) is 2.63. The van der Waals surface area contributed by atoms with Crippen LogP contribution < -0.4 is 4.74 Å². The lowest BCUT2D eigenvalue weighted by Crippen LogP contribution is -2.30. The second kappa shape index (κ2) is 6.83. The molecule has 3 atom stereocenters. The van der Waals surface area contributed by atoms with Crippen LogP contribution in [0.2, 0.25) is 0 Å². The number of likely N-dealkylation sites (tertiary alicyclic amines) is 1. The summed E-state index contributed by atoms with van der Waals surface area (Å²) in [4.78, 5) is 25.8. The van der Waals surface area contributed by atoms with Gasteiger partial charge in [0.2, 0.25) is 5.91 Å². The highest BCUT2D eigenvalue weighted by molar-refractivity contribution is 5.79. The Bertz CT molecular complexity index is 608. The monoisotopic (exact) mass is 331 g/mol. The summed E-state index contributed by atoms with van der Waals surface area (Å²) in [6, 6.07) is 7.76. The molecule has 0 bridgehead atoms. The van der Waals surface area contributed by atoms with E-state index in [1.54, 1.807) is 12.0 Å². The molecule has 1 aliphatic heterocycles. The maximum absolute atomic E-state index is 12.6. The maximum atomic E-state index is 12.6. The zero-order valence-corrected chi connectivity index (χ0v) is 14.3. The molecule has 0 spiro atoms. The summed E-state index contributed by atoms with van der Waals surface area (Å²) in [5.74, 6) is 0.460. The predicted molar refractivity (Wildman–Crippen MR) is 89.9 cm³/mol. The summed E-state index contributed by atoms with van der Waals surface area (Å²) in [5, 5.41) is 9.42. The van der Waals surface area contributed by atoms with E-state index >= 15 is 0 Å². The van der Waals surface area contributed by atoms with Crippen LogP contribution in [0.15, 0.2) is 24.3 Å². The molecule has 3 rings (SSSR count).